The quantitative estimate of drug-likeness (QED) is 0.228. The number of hydrogen-bond acceptors (Lipinski definition) is 6. The lowest BCUT2D eigenvalue weighted by Crippen LogP contribution is -2.40. The van der Waals surface area contributed by atoms with Crippen LogP contribution in [0.3, 0.4) is 0 Å². The van der Waals surface area contributed by atoms with Crippen LogP contribution in [0.1, 0.15) is 73.2 Å². The summed E-state index contributed by atoms with van der Waals surface area (Å²) in [5.74, 6) is -2.46. The molecule has 0 fully saturated rings. The number of carboxylic acids is 2. The molecule has 0 spiro atoms. The third-order valence-corrected chi connectivity index (χ3v) is 8.07. The summed E-state index contributed by atoms with van der Waals surface area (Å²) in [5, 5.41) is 21.9. The number of benzene rings is 1. The van der Waals surface area contributed by atoms with E-state index in [1.807, 2.05) is 19.9 Å². The number of aryl methyl sites for hydroxylation is 2. The smallest absolute Gasteiger partial charge is 0.321 e. The number of fused-ring (bicyclic) bond motifs is 3. The second-order valence-electron chi connectivity index (χ2n) is 10.5. The number of unbranched alkanes of at least 4 members (excludes halogenated alkanes) is 2. The summed E-state index contributed by atoms with van der Waals surface area (Å²) in [6, 6.07) is 6.61. The van der Waals surface area contributed by atoms with E-state index in [1.165, 1.54) is 13.2 Å². The van der Waals surface area contributed by atoms with Crippen LogP contribution in [-0.4, -0.2) is 49.0 Å². The van der Waals surface area contributed by atoms with Gasteiger partial charge in [0, 0.05) is 18.4 Å². The Balaban J connectivity index is 1.81. The number of carbonyl (C=O) groups is 3. The minimum atomic E-state index is -2.17. The Morgan fingerprint density at radius 1 is 1.02 bits per heavy atom. The maximum atomic E-state index is 13.0. The molecule has 10 heteroatoms. The minimum Gasteiger partial charge on any atom is -0.496 e. The molecule has 0 saturated heterocycles. The number of carboxylic acid groups (broad SMARTS) is 2. The number of ether oxygens (including phenoxy) is 2. The third-order valence-electron chi connectivity index (χ3n) is 8.07. The van der Waals surface area contributed by atoms with E-state index in [0.717, 1.165) is 33.6 Å². The number of rotatable bonds is 13. The summed E-state index contributed by atoms with van der Waals surface area (Å²) in [4.78, 5) is 49.1. The fraction of sp³-hybridized carbons (Fsp3) is 0.484. The van der Waals surface area contributed by atoms with Gasteiger partial charge in [-0.3, -0.25) is 23.6 Å². The van der Waals surface area contributed by atoms with Crippen molar-refractivity contribution in [3.63, 3.8) is 0 Å². The van der Waals surface area contributed by atoms with Crippen LogP contribution in [0.5, 0.6) is 11.5 Å². The zero-order valence-corrected chi connectivity index (χ0v) is 24.0. The van der Waals surface area contributed by atoms with Gasteiger partial charge in [-0.2, -0.15) is 0 Å². The number of alkyl halides is 1. The molecule has 41 heavy (non-hydrogen) atoms. The topological polar surface area (TPSA) is 139 Å². The van der Waals surface area contributed by atoms with Gasteiger partial charge in [0.1, 0.15) is 5.75 Å². The molecule has 222 valence electrons. The molecular formula is C31H38FNO8. The number of amides is 1. The lowest BCUT2D eigenvalue weighted by Gasteiger charge is -2.23. The average Bonchev–Trinajstić information content (AvgIpc) is 3.17. The Labute approximate surface area is 238 Å². The van der Waals surface area contributed by atoms with Crippen molar-refractivity contribution in [1.29, 1.82) is 0 Å². The predicted octanol–water partition coefficient (Wildman–Crippen LogP) is 4.92. The summed E-state index contributed by atoms with van der Waals surface area (Å²) in [5.41, 5.74) is 2.95. The molecule has 3 rings (SSSR count). The van der Waals surface area contributed by atoms with E-state index in [9.17, 15) is 33.8 Å². The highest BCUT2D eigenvalue weighted by Gasteiger charge is 2.45. The Hall–Kier alpha value is -3.95. The summed E-state index contributed by atoms with van der Waals surface area (Å²) >= 11 is 0. The molecular weight excluding hydrogens is 532 g/mol. The molecule has 2 aromatic rings. The van der Waals surface area contributed by atoms with Crippen LogP contribution in [0.15, 0.2) is 29.1 Å². The van der Waals surface area contributed by atoms with Crippen molar-refractivity contribution in [2.45, 2.75) is 71.3 Å². The van der Waals surface area contributed by atoms with Gasteiger partial charge >= 0.3 is 11.9 Å². The fourth-order valence-electron chi connectivity index (χ4n) is 5.58. The van der Waals surface area contributed by atoms with E-state index >= 15 is 0 Å². The molecule has 0 bridgehead atoms. The Morgan fingerprint density at radius 3 is 2.34 bits per heavy atom. The third kappa shape index (κ3) is 6.69. The van der Waals surface area contributed by atoms with E-state index in [1.54, 1.807) is 13.2 Å². The van der Waals surface area contributed by atoms with E-state index < -0.39 is 36.5 Å². The van der Waals surface area contributed by atoms with Gasteiger partial charge in [0.05, 0.1) is 26.9 Å². The first-order chi connectivity index (χ1) is 19.5. The van der Waals surface area contributed by atoms with Crippen LogP contribution >= 0.6 is 0 Å². The summed E-state index contributed by atoms with van der Waals surface area (Å²) in [6.07, 6.45) is 1.52. The first-order valence-electron chi connectivity index (χ1n) is 13.7. The first-order valence-corrected chi connectivity index (χ1v) is 13.7. The first kappa shape index (κ1) is 31.6. The number of hydrogen-bond donors (Lipinski definition) is 3. The van der Waals surface area contributed by atoms with Gasteiger partial charge in [0.15, 0.2) is 11.2 Å². The van der Waals surface area contributed by atoms with Crippen LogP contribution < -0.4 is 20.2 Å². The maximum absolute atomic E-state index is 13.0. The number of carbonyl (C=O) groups excluding carboxylic acids is 1. The molecule has 3 N–H and O–H groups in total. The molecule has 0 heterocycles. The molecule has 9 nitrogen and oxygen atoms in total. The molecule has 0 radical (unpaired) electrons. The van der Waals surface area contributed by atoms with Crippen molar-refractivity contribution in [3.8, 4) is 22.6 Å². The van der Waals surface area contributed by atoms with Crippen molar-refractivity contribution >= 4 is 17.8 Å². The van der Waals surface area contributed by atoms with E-state index in [4.69, 9.17) is 9.47 Å². The van der Waals surface area contributed by atoms with Gasteiger partial charge in [-0.05, 0) is 79.5 Å². The van der Waals surface area contributed by atoms with E-state index in [-0.39, 0.29) is 36.3 Å². The van der Waals surface area contributed by atoms with Gasteiger partial charge in [-0.1, -0.05) is 25.0 Å². The van der Waals surface area contributed by atoms with Crippen molar-refractivity contribution in [1.82, 2.24) is 5.32 Å². The number of nitrogens with one attached hydrogen (secondary N) is 1. The van der Waals surface area contributed by atoms with Crippen molar-refractivity contribution < 1.29 is 38.5 Å². The highest BCUT2D eigenvalue weighted by molar-refractivity contribution is 5.98. The predicted molar refractivity (Wildman–Crippen MR) is 151 cm³/mol. The molecule has 1 aliphatic carbocycles. The average molecular weight is 571 g/mol. The lowest BCUT2D eigenvalue weighted by molar-refractivity contribution is -0.166. The van der Waals surface area contributed by atoms with Crippen molar-refractivity contribution in [3.05, 3.63) is 56.7 Å². The maximum Gasteiger partial charge on any atom is 0.321 e. The largest absolute Gasteiger partial charge is 0.496 e. The Morgan fingerprint density at radius 2 is 1.73 bits per heavy atom. The molecule has 0 aliphatic heterocycles. The highest BCUT2D eigenvalue weighted by atomic mass is 18.2. The minimum absolute atomic E-state index is 0.128. The zero-order chi connectivity index (χ0) is 30.3. The molecule has 0 unspecified atom stereocenters. The van der Waals surface area contributed by atoms with Crippen LogP contribution in [-0.2, 0) is 20.8 Å². The summed E-state index contributed by atoms with van der Waals surface area (Å²) in [7, 11) is 3.04. The van der Waals surface area contributed by atoms with Crippen LogP contribution in [0.2, 0.25) is 0 Å². The van der Waals surface area contributed by atoms with E-state index in [0.29, 0.717) is 31.2 Å². The lowest BCUT2D eigenvalue weighted by atomic mass is 9.80. The fourth-order valence-corrected chi connectivity index (χ4v) is 5.58. The second kappa shape index (κ2) is 13.6. The molecule has 0 aromatic heterocycles. The molecule has 1 atom stereocenters. The zero-order valence-electron chi connectivity index (χ0n) is 24.0. The number of methoxy groups -OCH3 is 2. The number of halogens is 1. The standard InChI is InChI=1S/C31H38FNO8/c1-18-16-20-9-11-23(33-26(35)8-6-5-7-13-31(14-15-32,29(36)37)30(38)39)22-17-24(34)25(40-3)12-10-21(22)27(20)28(41-4)19(18)2/h10,12,16-17,23H,5-9,11,13-15H2,1-4H3,(H,33,35)(H,36,37)(H,38,39)/t23-/m0/s1/i32-1. The SMILES string of the molecule is COc1c(C)c(C)cc2c1-c1ccc(OC)c(=O)cc1[C@@H](NC(=O)CCCCCC(CC[18F])(C(=O)O)C(=O)O)CC2. The van der Waals surface area contributed by atoms with Gasteiger partial charge < -0.3 is 25.0 Å². The van der Waals surface area contributed by atoms with Crippen LogP contribution in [0.4, 0.5) is 4.39 Å². The Bertz CT molecular complexity index is 1360. The monoisotopic (exact) mass is 570 g/mol. The second-order valence-corrected chi connectivity index (χ2v) is 10.5. The van der Waals surface area contributed by atoms with Gasteiger partial charge in [0.25, 0.3) is 0 Å². The molecule has 0 saturated carbocycles. The van der Waals surface area contributed by atoms with E-state index in [2.05, 4.69) is 11.4 Å². The van der Waals surface area contributed by atoms with Gasteiger partial charge in [-0.25, -0.2) is 0 Å². The summed E-state index contributed by atoms with van der Waals surface area (Å²) in [6.45, 7) is 2.95. The molecule has 1 amide bonds. The van der Waals surface area contributed by atoms with Crippen LogP contribution in [0, 0.1) is 19.3 Å². The van der Waals surface area contributed by atoms with Gasteiger partial charge in [-0.15, -0.1) is 0 Å². The molecule has 2 aromatic carbocycles. The van der Waals surface area contributed by atoms with Crippen molar-refractivity contribution in [2.75, 3.05) is 20.9 Å². The van der Waals surface area contributed by atoms with Gasteiger partial charge in [0.2, 0.25) is 11.3 Å². The molecule has 1 aliphatic rings. The Kier molecular flexibility index (Phi) is 10.5. The number of aliphatic carboxylic acids is 2. The van der Waals surface area contributed by atoms with Crippen LogP contribution in [0.25, 0.3) is 11.1 Å². The normalized spacial score (nSPS) is 14.3. The highest BCUT2D eigenvalue weighted by Crippen LogP contribution is 2.44. The summed E-state index contributed by atoms with van der Waals surface area (Å²) < 4.78 is 24.0. The van der Waals surface area contributed by atoms with Crippen molar-refractivity contribution in [2.24, 2.45) is 5.41 Å².